The van der Waals surface area contributed by atoms with E-state index in [2.05, 4.69) is 22.1 Å². The first-order valence-electron chi connectivity index (χ1n) is 14.8. The molecule has 2 aromatic carbocycles. The molecular weight excluding hydrogens is 614 g/mol. The van der Waals surface area contributed by atoms with Crippen LogP contribution in [0.5, 0.6) is 11.5 Å². The number of aromatic nitrogens is 1. The van der Waals surface area contributed by atoms with E-state index in [0.717, 1.165) is 15.0 Å². The summed E-state index contributed by atoms with van der Waals surface area (Å²) in [5, 5.41) is 2.18. The molecule has 4 amide bonds. The van der Waals surface area contributed by atoms with Crippen LogP contribution in [0.4, 0.5) is 8.78 Å². The van der Waals surface area contributed by atoms with Gasteiger partial charge in [-0.3, -0.25) is 39.1 Å². The monoisotopic (exact) mass is 646 g/mol. The van der Waals surface area contributed by atoms with Crippen LogP contribution < -0.4 is 20.3 Å². The molecule has 1 N–H and O–H groups in total. The van der Waals surface area contributed by atoms with Crippen LogP contribution in [0, 0.1) is 17.8 Å². The SMILES string of the molecule is COc1cc(-c2cc(C(F)F)c(=O)n(C)c2)cc(OC)c1CN1CC(C#Cc2ccc3c(c2)C(=O)N(C2CCC(=O)NC2=O)C3=O)C1.[HH]. The van der Waals surface area contributed by atoms with Crippen LogP contribution >= 0.6 is 0 Å². The number of rotatable bonds is 7. The molecule has 3 aliphatic rings. The number of fused-ring (bicyclic) bond motifs is 1. The van der Waals surface area contributed by atoms with E-state index in [1.807, 2.05) is 0 Å². The summed E-state index contributed by atoms with van der Waals surface area (Å²) < 4.78 is 39.4. The molecule has 1 unspecified atom stereocenters. The lowest BCUT2D eigenvalue weighted by molar-refractivity contribution is -0.136. The molecule has 3 aliphatic heterocycles. The van der Waals surface area contributed by atoms with Gasteiger partial charge in [-0.2, -0.15) is 0 Å². The predicted octanol–water partition coefficient (Wildman–Crippen LogP) is 3.14. The number of nitrogens with one attached hydrogen (secondary N) is 1. The maximum absolute atomic E-state index is 13.5. The lowest BCUT2D eigenvalue weighted by Crippen LogP contribution is -2.54. The van der Waals surface area contributed by atoms with E-state index in [-0.39, 0.29) is 31.3 Å². The number of nitrogens with zero attached hydrogens (tertiary/aromatic N) is 3. The fourth-order valence-electron chi connectivity index (χ4n) is 6.11. The average molecular weight is 647 g/mol. The van der Waals surface area contributed by atoms with E-state index in [0.29, 0.717) is 47.8 Å². The summed E-state index contributed by atoms with van der Waals surface area (Å²) in [6.45, 7) is 1.77. The Hall–Kier alpha value is -5.35. The number of aryl methyl sites for hydroxylation is 1. The molecule has 2 fully saturated rings. The number of ether oxygens (including phenoxy) is 2. The third kappa shape index (κ3) is 5.88. The van der Waals surface area contributed by atoms with Crippen molar-refractivity contribution in [3.05, 3.63) is 80.8 Å². The molecule has 0 spiro atoms. The molecule has 244 valence electrons. The largest absolute Gasteiger partial charge is 0.496 e. The normalized spacial score (nSPS) is 18.1. The molecule has 3 aromatic rings. The summed E-state index contributed by atoms with van der Waals surface area (Å²) in [6.07, 6.45) is -1.29. The van der Waals surface area contributed by atoms with Gasteiger partial charge in [0, 0.05) is 52.2 Å². The Labute approximate surface area is 269 Å². The van der Waals surface area contributed by atoms with Gasteiger partial charge in [-0.05, 0) is 53.9 Å². The van der Waals surface area contributed by atoms with Gasteiger partial charge in [0.2, 0.25) is 11.8 Å². The molecule has 47 heavy (non-hydrogen) atoms. The number of amides is 4. The molecule has 1 atom stereocenters. The highest BCUT2D eigenvalue weighted by Gasteiger charge is 2.44. The molecule has 1 aromatic heterocycles. The van der Waals surface area contributed by atoms with Gasteiger partial charge in [-0.1, -0.05) is 11.8 Å². The van der Waals surface area contributed by atoms with Gasteiger partial charge in [0.25, 0.3) is 23.8 Å². The zero-order valence-electron chi connectivity index (χ0n) is 25.8. The van der Waals surface area contributed by atoms with E-state index in [9.17, 15) is 32.8 Å². The van der Waals surface area contributed by atoms with Crippen molar-refractivity contribution in [3.8, 4) is 34.5 Å². The molecule has 0 bridgehead atoms. The number of alkyl halides is 2. The molecule has 11 nitrogen and oxygen atoms in total. The zero-order chi connectivity index (χ0) is 33.6. The van der Waals surface area contributed by atoms with Crippen LogP contribution in [-0.2, 0) is 23.2 Å². The molecular formula is C34H32F2N4O7. The number of halogens is 2. The Balaban J connectivity index is 0.00000451. The Morgan fingerprint density at radius 2 is 1.64 bits per heavy atom. The summed E-state index contributed by atoms with van der Waals surface area (Å²) in [5.74, 6) is 5.09. The summed E-state index contributed by atoms with van der Waals surface area (Å²) >= 11 is 0. The number of pyridine rings is 1. The fraction of sp³-hybridized carbons (Fsp3) is 0.324. The standard InChI is InChI=1S/C34H30F2N4O7.H2/c1-38-16-21(11-24(30(35)36)32(38)43)20-12-27(46-2)25(28(13-20)47-3)17-39-14-19(15-39)5-4-18-6-7-22-23(10-18)34(45)40(33(22)44)26-8-9-29(41)37-31(26)42;/h6-7,10-13,16,19,26,30H,8-9,14-15,17H2,1-3H3,(H,37,41,42);1H. The van der Waals surface area contributed by atoms with Gasteiger partial charge >= 0.3 is 0 Å². The topological polar surface area (TPSA) is 127 Å². The summed E-state index contributed by atoms with van der Waals surface area (Å²) in [7, 11) is 4.44. The van der Waals surface area contributed by atoms with E-state index >= 15 is 0 Å². The number of carbonyl (C=O) groups excluding carboxylic acids is 4. The Morgan fingerprint density at radius 3 is 2.28 bits per heavy atom. The van der Waals surface area contributed by atoms with Crippen LogP contribution in [0.25, 0.3) is 11.1 Å². The van der Waals surface area contributed by atoms with Gasteiger partial charge in [0.1, 0.15) is 17.5 Å². The van der Waals surface area contributed by atoms with E-state index in [1.54, 1.807) is 24.3 Å². The molecule has 0 aliphatic carbocycles. The highest BCUT2D eigenvalue weighted by atomic mass is 19.3. The number of benzene rings is 2. The first-order chi connectivity index (χ1) is 22.5. The minimum atomic E-state index is -2.91. The van der Waals surface area contributed by atoms with Crippen LogP contribution in [0.2, 0.25) is 0 Å². The number of carbonyl (C=O) groups is 4. The molecule has 4 heterocycles. The minimum absolute atomic E-state index is 0. The van der Waals surface area contributed by atoms with Crippen LogP contribution in [0.3, 0.4) is 0 Å². The third-order valence-electron chi connectivity index (χ3n) is 8.59. The highest BCUT2D eigenvalue weighted by Crippen LogP contribution is 2.37. The zero-order valence-corrected chi connectivity index (χ0v) is 25.8. The summed E-state index contributed by atoms with van der Waals surface area (Å²) in [4.78, 5) is 65.1. The lowest BCUT2D eigenvalue weighted by atomic mass is 9.97. The third-order valence-corrected chi connectivity index (χ3v) is 8.59. The van der Waals surface area contributed by atoms with Crippen LogP contribution in [0.15, 0.2) is 47.4 Å². The van der Waals surface area contributed by atoms with Crippen LogP contribution in [0.1, 0.15) is 58.1 Å². The quantitative estimate of drug-likeness (QED) is 0.307. The lowest BCUT2D eigenvalue weighted by Gasteiger charge is -2.37. The van der Waals surface area contributed by atoms with E-state index in [4.69, 9.17) is 9.47 Å². The molecule has 0 saturated carbocycles. The number of likely N-dealkylation sites (tertiary alicyclic amines) is 1. The highest BCUT2D eigenvalue weighted by molar-refractivity contribution is 6.23. The number of methoxy groups -OCH3 is 2. The minimum Gasteiger partial charge on any atom is -0.496 e. The molecule has 6 rings (SSSR count). The molecule has 13 heteroatoms. The second-order valence-corrected chi connectivity index (χ2v) is 11.6. The van der Waals surface area contributed by atoms with Crippen molar-refractivity contribution in [1.29, 1.82) is 0 Å². The van der Waals surface area contributed by atoms with E-state index in [1.165, 1.54) is 39.6 Å². The Kier molecular flexibility index (Phi) is 8.38. The van der Waals surface area contributed by atoms with Crippen molar-refractivity contribution in [2.24, 2.45) is 13.0 Å². The number of hydrogen-bond donors (Lipinski definition) is 1. The van der Waals surface area contributed by atoms with Gasteiger partial charge in [0.15, 0.2) is 0 Å². The Morgan fingerprint density at radius 1 is 0.957 bits per heavy atom. The first kappa shape index (κ1) is 31.6. The van der Waals surface area contributed by atoms with Gasteiger partial charge in [-0.15, -0.1) is 0 Å². The average Bonchev–Trinajstić information content (AvgIpc) is 3.27. The predicted molar refractivity (Wildman–Crippen MR) is 166 cm³/mol. The van der Waals surface area contributed by atoms with Crippen molar-refractivity contribution in [3.63, 3.8) is 0 Å². The van der Waals surface area contributed by atoms with E-state index < -0.39 is 47.2 Å². The van der Waals surface area contributed by atoms with Crippen molar-refractivity contribution in [1.82, 2.24) is 19.7 Å². The van der Waals surface area contributed by atoms with Crippen molar-refractivity contribution in [2.75, 3.05) is 27.3 Å². The van der Waals surface area contributed by atoms with Crippen LogP contribution in [-0.4, -0.2) is 71.3 Å². The number of piperidine rings is 1. The van der Waals surface area contributed by atoms with Crippen molar-refractivity contribution < 1.29 is 38.9 Å². The van der Waals surface area contributed by atoms with Gasteiger partial charge < -0.3 is 14.0 Å². The second kappa shape index (κ2) is 12.4. The maximum Gasteiger partial charge on any atom is 0.269 e. The van der Waals surface area contributed by atoms with Crippen molar-refractivity contribution >= 4 is 23.6 Å². The number of imide groups is 2. The number of hydrogen-bond acceptors (Lipinski definition) is 8. The molecule has 2 saturated heterocycles. The van der Waals surface area contributed by atoms with Crippen molar-refractivity contribution in [2.45, 2.75) is 31.9 Å². The maximum atomic E-state index is 13.5. The Bertz CT molecular complexity index is 1940. The summed E-state index contributed by atoms with van der Waals surface area (Å²) in [5.41, 5.74) is 1.33. The molecule has 0 radical (unpaired) electrons. The van der Waals surface area contributed by atoms with Gasteiger partial charge in [-0.25, -0.2) is 8.78 Å². The fourth-order valence-corrected chi connectivity index (χ4v) is 6.11. The summed E-state index contributed by atoms with van der Waals surface area (Å²) in [6, 6.07) is 8.35. The van der Waals surface area contributed by atoms with Gasteiger partial charge in [0.05, 0.1) is 36.5 Å². The first-order valence-corrected chi connectivity index (χ1v) is 14.8. The smallest absolute Gasteiger partial charge is 0.269 e. The second-order valence-electron chi connectivity index (χ2n) is 11.6.